The summed E-state index contributed by atoms with van der Waals surface area (Å²) in [5, 5.41) is 15.5. The Bertz CT molecular complexity index is 1700. The van der Waals surface area contributed by atoms with Crippen LogP contribution in [0.2, 0.25) is 0 Å². The number of rotatable bonds is 6. The number of fused-ring (bicyclic) bond motifs is 1. The topological polar surface area (TPSA) is 163 Å². The predicted octanol–water partition coefficient (Wildman–Crippen LogP) is 2.82. The molecule has 0 unspecified atom stereocenters. The first-order valence-electron chi connectivity index (χ1n) is 12.9. The molecule has 4 aromatic rings. The summed E-state index contributed by atoms with van der Waals surface area (Å²) in [5.41, 5.74) is 3.16. The summed E-state index contributed by atoms with van der Waals surface area (Å²) >= 11 is 0. The maximum Gasteiger partial charge on any atom is 0.407 e. The minimum Gasteiger partial charge on any atom is -0.465 e. The Morgan fingerprint density at radius 3 is 2.65 bits per heavy atom. The highest BCUT2D eigenvalue weighted by atomic mass is 32.2. The summed E-state index contributed by atoms with van der Waals surface area (Å²) in [4.78, 5) is 34.1. The van der Waals surface area contributed by atoms with Crippen molar-refractivity contribution >= 4 is 33.4 Å². The Labute approximate surface area is 229 Å². The second kappa shape index (κ2) is 10.0. The van der Waals surface area contributed by atoms with Crippen LogP contribution in [-0.4, -0.2) is 85.7 Å². The normalized spacial score (nSPS) is 17.2. The van der Waals surface area contributed by atoms with Crippen molar-refractivity contribution in [3.8, 4) is 11.4 Å². The van der Waals surface area contributed by atoms with Crippen LogP contribution in [0.3, 0.4) is 0 Å². The molecule has 1 aromatic carbocycles. The molecular weight excluding hydrogens is 538 g/mol. The lowest BCUT2D eigenvalue weighted by Crippen LogP contribution is -2.54. The fourth-order valence-electron chi connectivity index (χ4n) is 5.06. The van der Waals surface area contributed by atoms with Gasteiger partial charge in [-0.15, -0.1) is 0 Å². The van der Waals surface area contributed by atoms with E-state index in [-0.39, 0.29) is 50.8 Å². The summed E-state index contributed by atoms with van der Waals surface area (Å²) in [6, 6.07) is 10.9. The van der Waals surface area contributed by atoms with Gasteiger partial charge >= 0.3 is 6.09 Å². The molecule has 2 saturated heterocycles. The number of carbonyl (C=O) groups is 2. The molecule has 0 spiro atoms. The smallest absolute Gasteiger partial charge is 0.407 e. The SMILES string of the molecule is Cc1ccc(-c2noc(C3CN(S(=O)(=O)C4CCN(C(=O)O)CC4)C3)n2)cc1NC(=O)c1cnc2ccccn12. The van der Waals surface area contributed by atoms with E-state index < -0.39 is 21.4 Å². The number of nitrogens with zero attached hydrogens (tertiary/aromatic N) is 6. The molecule has 5 heterocycles. The minimum atomic E-state index is -3.54. The van der Waals surface area contributed by atoms with E-state index in [9.17, 15) is 18.0 Å². The molecule has 2 fully saturated rings. The van der Waals surface area contributed by atoms with Crippen molar-refractivity contribution in [3.63, 3.8) is 0 Å². The van der Waals surface area contributed by atoms with Gasteiger partial charge in [-0.25, -0.2) is 18.2 Å². The first-order chi connectivity index (χ1) is 19.2. The molecule has 6 rings (SSSR count). The zero-order chi connectivity index (χ0) is 28.0. The van der Waals surface area contributed by atoms with Gasteiger partial charge in [-0.1, -0.05) is 23.4 Å². The van der Waals surface area contributed by atoms with E-state index in [0.29, 0.717) is 34.3 Å². The lowest BCUT2D eigenvalue weighted by atomic mass is 10.0. The molecule has 13 nitrogen and oxygen atoms in total. The van der Waals surface area contributed by atoms with Gasteiger partial charge in [-0.2, -0.15) is 9.29 Å². The number of hydrogen-bond donors (Lipinski definition) is 2. The molecule has 0 atom stereocenters. The Kier molecular flexibility index (Phi) is 6.50. The Morgan fingerprint density at radius 1 is 1.12 bits per heavy atom. The predicted molar refractivity (Wildman–Crippen MR) is 143 cm³/mol. The molecule has 40 heavy (non-hydrogen) atoms. The monoisotopic (exact) mass is 565 g/mol. The van der Waals surface area contributed by atoms with Crippen LogP contribution >= 0.6 is 0 Å². The first-order valence-corrected chi connectivity index (χ1v) is 14.4. The Hall–Kier alpha value is -4.30. The number of piperidine rings is 1. The van der Waals surface area contributed by atoms with Crippen LogP contribution in [0.1, 0.15) is 40.7 Å². The molecule has 3 aromatic heterocycles. The maximum atomic E-state index is 13.0. The number of anilines is 1. The van der Waals surface area contributed by atoms with Gasteiger partial charge in [0.05, 0.1) is 17.4 Å². The number of pyridine rings is 1. The molecule has 2 amide bonds. The van der Waals surface area contributed by atoms with E-state index >= 15 is 0 Å². The number of benzene rings is 1. The second-order valence-electron chi connectivity index (χ2n) is 10.0. The maximum absolute atomic E-state index is 13.0. The number of hydrogen-bond acceptors (Lipinski definition) is 8. The minimum absolute atomic E-state index is 0.210. The van der Waals surface area contributed by atoms with Gasteiger partial charge < -0.3 is 19.8 Å². The number of carboxylic acid groups (broad SMARTS) is 1. The first kappa shape index (κ1) is 26.0. The molecule has 14 heteroatoms. The summed E-state index contributed by atoms with van der Waals surface area (Å²) < 4.78 is 34.6. The number of nitrogens with one attached hydrogen (secondary N) is 1. The van der Waals surface area contributed by atoms with E-state index in [1.54, 1.807) is 16.7 Å². The fourth-order valence-corrected chi connectivity index (χ4v) is 7.06. The quantitative estimate of drug-likeness (QED) is 0.358. The van der Waals surface area contributed by atoms with Crippen LogP contribution in [0.5, 0.6) is 0 Å². The number of amides is 2. The van der Waals surface area contributed by atoms with E-state index in [0.717, 1.165) is 5.56 Å². The van der Waals surface area contributed by atoms with E-state index in [2.05, 4.69) is 20.4 Å². The Balaban J connectivity index is 1.11. The lowest BCUT2D eigenvalue weighted by Gasteiger charge is -2.40. The zero-order valence-corrected chi connectivity index (χ0v) is 22.4. The van der Waals surface area contributed by atoms with Crippen molar-refractivity contribution < 1.29 is 27.6 Å². The average molecular weight is 566 g/mol. The number of imidazole rings is 1. The number of carbonyl (C=O) groups excluding carboxylic acids is 1. The van der Waals surface area contributed by atoms with Crippen molar-refractivity contribution in [1.29, 1.82) is 0 Å². The lowest BCUT2D eigenvalue weighted by molar-refractivity contribution is 0.102. The van der Waals surface area contributed by atoms with Crippen LogP contribution < -0.4 is 5.32 Å². The van der Waals surface area contributed by atoms with Crippen molar-refractivity contribution in [1.82, 2.24) is 28.7 Å². The molecule has 208 valence electrons. The Morgan fingerprint density at radius 2 is 1.90 bits per heavy atom. The summed E-state index contributed by atoms with van der Waals surface area (Å²) in [6.07, 6.45) is 2.84. The number of aromatic nitrogens is 4. The van der Waals surface area contributed by atoms with Gasteiger partial charge in [0.15, 0.2) is 0 Å². The molecule has 2 aliphatic heterocycles. The van der Waals surface area contributed by atoms with Crippen molar-refractivity contribution in [2.75, 3.05) is 31.5 Å². The van der Waals surface area contributed by atoms with Crippen LogP contribution in [0.4, 0.5) is 10.5 Å². The molecule has 0 aliphatic carbocycles. The molecule has 0 bridgehead atoms. The van der Waals surface area contributed by atoms with Gasteiger partial charge in [0, 0.05) is 43.6 Å². The van der Waals surface area contributed by atoms with Gasteiger partial charge in [0.1, 0.15) is 11.3 Å². The third-order valence-corrected chi connectivity index (χ3v) is 9.86. The van der Waals surface area contributed by atoms with Crippen LogP contribution in [0.15, 0.2) is 53.3 Å². The second-order valence-corrected chi connectivity index (χ2v) is 12.3. The van der Waals surface area contributed by atoms with E-state index in [1.165, 1.54) is 15.4 Å². The summed E-state index contributed by atoms with van der Waals surface area (Å²) in [6.45, 7) is 2.77. The zero-order valence-electron chi connectivity index (χ0n) is 21.6. The molecule has 2 N–H and O–H groups in total. The van der Waals surface area contributed by atoms with Gasteiger partial charge in [0.2, 0.25) is 21.7 Å². The largest absolute Gasteiger partial charge is 0.465 e. The van der Waals surface area contributed by atoms with Crippen LogP contribution in [0, 0.1) is 6.92 Å². The van der Waals surface area contributed by atoms with Crippen molar-refractivity contribution in [2.24, 2.45) is 0 Å². The molecule has 0 radical (unpaired) electrons. The average Bonchev–Trinajstić information content (AvgIpc) is 3.57. The highest BCUT2D eigenvalue weighted by Gasteiger charge is 2.44. The summed E-state index contributed by atoms with van der Waals surface area (Å²) in [7, 11) is -3.54. The fraction of sp³-hybridized carbons (Fsp3) is 0.346. The van der Waals surface area contributed by atoms with Gasteiger partial charge in [0.25, 0.3) is 5.91 Å². The standard InChI is InChI=1S/C26H27N7O6S/c1-16-5-6-17(12-20(16)28-24(34)21-13-27-22-4-2-3-9-33(21)22)23-29-25(39-30-23)18-14-32(15-18)40(37,38)19-7-10-31(11-8-19)26(35)36/h2-6,9,12-13,18-19H,7-8,10-11,14-15H2,1H3,(H,28,34)(H,35,36). The van der Waals surface area contributed by atoms with Crippen molar-refractivity contribution in [2.45, 2.75) is 30.9 Å². The number of aryl methyl sites for hydroxylation is 1. The third-order valence-electron chi connectivity index (χ3n) is 7.53. The number of likely N-dealkylation sites (tertiary alicyclic amines) is 1. The summed E-state index contributed by atoms with van der Waals surface area (Å²) in [5.74, 6) is 0.147. The van der Waals surface area contributed by atoms with Gasteiger partial charge in [-0.3, -0.25) is 9.20 Å². The molecule has 2 aliphatic rings. The number of sulfonamides is 1. The molecule has 0 saturated carbocycles. The van der Waals surface area contributed by atoms with E-state index in [4.69, 9.17) is 9.63 Å². The van der Waals surface area contributed by atoms with Crippen LogP contribution in [-0.2, 0) is 10.0 Å². The highest BCUT2D eigenvalue weighted by Crippen LogP contribution is 2.33. The van der Waals surface area contributed by atoms with Crippen LogP contribution in [0.25, 0.3) is 17.0 Å². The highest BCUT2D eigenvalue weighted by molar-refractivity contribution is 7.89. The van der Waals surface area contributed by atoms with Crippen molar-refractivity contribution in [3.05, 3.63) is 65.9 Å². The van der Waals surface area contributed by atoms with E-state index in [1.807, 2.05) is 37.3 Å². The van der Waals surface area contributed by atoms with Gasteiger partial charge in [-0.05, 0) is 43.5 Å². The third kappa shape index (κ3) is 4.69. The molecular formula is C26H27N7O6S.